The molecular weight excluding hydrogens is 206 g/mol. The summed E-state index contributed by atoms with van der Waals surface area (Å²) in [6.07, 6.45) is 1.29. The number of benzene rings is 1. The van der Waals surface area contributed by atoms with E-state index < -0.39 is 0 Å². The molecule has 3 amide bonds. The Morgan fingerprint density at radius 1 is 1.12 bits per heavy atom. The molecule has 0 radical (unpaired) electrons. The molecule has 3 N–H and O–H groups in total. The van der Waals surface area contributed by atoms with E-state index in [9.17, 15) is 9.59 Å². The van der Waals surface area contributed by atoms with Gasteiger partial charge < -0.3 is 16.0 Å². The van der Waals surface area contributed by atoms with Gasteiger partial charge in [-0.25, -0.2) is 4.79 Å². The Morgan fingerprint density at radius 3 is 2.06 bits per heavy atom. The van der Waals surface area contributed by atoms with Crippen molar-refractivity contribution in [1.82, 2.24) is 5.32 Å². The third kappa shape index (κ3) is 3.83. The number of carbonyl (C=O) groups excluding carboxylic acids is 2. The van der Waals surface area contributed by atoms with E-state index in [0.717, 1.165) is 0 Å². The first kappa shape index (κ1) is 11.8. The predicted octanol–water partition coefficient (Wildman–Crippen LogP) is 1.91. The lowest BCUT2D eigenvalue weighted by Gasteiger charge is -2.06. The van der Waals surface area contributed by atoms with E-state index >= 15 is 0 Å². The molecule has 0 aliphatic rings. The minimum Gasteiger partial charge on any atom is -0.326 e. The Hall–Kier alpha value is -2.30. The molecule has 5 nitrogen and oxygen atoms in total. The van der Waals surface area contributed by atoms with E-state index in [0.29, 0.717) is 11.4 Å². The number of urea groups is 1. The van der Waals surface area contributed by atoms with Crippen LogP contribution in [-0.4, -0.2) is 11.9 Å². The van der Waals surface area contributed by atoms with Crippen molar-refractivity contribution >= 4 is 23.3 Å². The smallest absolute Gasteiger partial charge is 0.323 e. The molecule has 1 aromatic carbocycles. The molecule has 1 aromatic rings. The van der Waals surface area contributed by atoms with Crippen molar-refractivity contribution in [3.05, 3.63) is 37.0 Å². The largest absolute Gasteiger partial charge is 0.326 e. The van der Waals surface area contributed by atoms with Crippen molar-refractivity contribution < 1.29 is 9.59 Å². The number of nitrogens with one attached hydrogen (secondary N) is 3. The van der Waals surface area contributed by atoms with E-state index in [4.69, 9.17) is 0 Å². The second-order valence-electron chi connectivity index (χ2n) is 3.06. The fourth-order valence-electron chi connectivity index (χ4n) is 1.10. The lowest BCUT2D eigenvalue weighted by Crippen LogP contribution is -2.23. The zero-order valence-corrected chi connectivity index (χ0v) is 8.91. The Labute approximate surface area is 93.5 Å². The van der Waals surface area contributed by atoms with Crippen LogP contribution in [-0.2, 0) is 4.79 Å². The van der Waals surface area contributed by atoms with Crippen LogP contribution in [0.3, 0.4) is 0 Å². The van der Waals surface area contributed by atoms with Gasteiger partial charge >= 0.3 is 6.03 Å². The summed E-state index contributed by atoms with van der Waals surface area (Å²) < 4.78 is 0. The van der Waals surface area contributed by atoms with Gasteiger partial charge in [0.05, 0.1) is 0 Å². The van der Waals surface area contributed by atoms with E-state index in [1.165, 1.54) is 13.1 Å². The van der Waals surface area contributed by atoms with Gasteiger partial charge in [-0.3, -0.25) is 4.79 Å². The minimum absolute atomic E-state index is 0.134. The van der Waals surface area contributed by atoms with Crippen LogP contribution < -0.4 is 16.0 Å². The number of hydrogen-bond acceptors (Lipinski definition) is 2. The molecule has 0 spiro atoms. The molecule has 0 bridgehead atoms. The molecule has 0 heterocycles. The molecule has 0 atom stereocenters. The SMILES string of the molecule is C=CNC(=O)Nc1ccc(NC(C)=O)cc1. The molecule has 0 saturated carbocycles. The highest BCUT2D eigenvalue weighted by atomic mass is 16.2. The Bertz CT molecular complexity index is 398. The van der Waals surface area contributed by atoms with E-state index in [1.807, 2.05) is 0 Å². The quantitative estimate of drug-likeness (QED) is 0.726. The van der Waals surface area contributed by atoms with Gasteiger partial charge in [0.15, 0.2) is 0 Å². The van der Waals surface area contributed by atoms with Crippen molar-refractivity contribution in [2.24, 2.45) is 0 Å². The average molecular weight is 219 g/mol. The molecule has 1 rings (SSSR count). The van der Waals surface area contributed by atoms with Gasteiger partial charge in [0.1, 0.15) is 0 Å². The van der Waals surface area contributed by atoms with Crippen molar-refractivity contribution in [3.8, 4) is 0 Å². The Balaban J connectivity index is 2.60. The standard InChI is InChI=1S/C11H13N3O2/c1-3-12-11(16)14-10-6-4-9(5-7-10)13-8(2)15/h3-7H,1H2,2H3,(H,13,15)(H2,12,14,16). The lowest BCUT2D eigenvalue weighted by atomic mass is 10.3. The minimum atomic E-state index is -0.359. The first-order chi connectivity index (χ1) is 7.61. The summed E-state index contributed by atoms with van der Waals surface area (Å²) in [5, 5.41) is 7.60. The summed E-state index contributed by atoms with van der Waals surface area (Å²) in [6, 6.07) is 6.42. The van der Waals surface area contributed by atoms with Gasteiger partial charge in [-0.15, -0.1) is 0 Å². The maximum absolute atomic E-state index is 11.1. The Morgan fingerprint density at radius 2 is 1.62 bits per heavy atom. The van der Waals surface area contributed by atoms with Gasteiger partial charge in [0.25, 0.3) is 0 Å². The molecule has 84 valence electrons. The van der Waals surface area contributed by atoms with Crippen molar-refractivity contribution in [2.75, 3.05) is 10.6 Å². The average Bonchev–Trinajstić information content (AvgIpc) is 2.20. The van der Waals surface area contributed by atoms with Crippen LogP contribution in [0, 0.1) is 0 Å². The topological polar surface area (TPSA) is 70.2 Å². The van der Waals surface area contributed by atoms with Gasteiger partial charge in [-0.05, 0) is 30.5 Å². The molecule has 5 heteroatoms. The number of hydrogen-bond donors (Lipinski definition) is 3. The molecule has 0 aliphatic heterocycles. The molecule has 0 fully saturated rings. The third-order valence-corrected chi connectivity index (χ3v) is 1.70. The number of rotatable bonds is 3. The summed E-state index contributed by atoms with van der Waals surface area (Å²) in [6.45, 7) is 4.80. The van der Waals surface area contributed by atoms with Gasteiger partial charge in [-0.2, -0.15) is 0 Å². The summed E-state index contributed by atoms with van der Waals surface area (Å²) in [5.74, 6) is -0.134. The summed E-state index contributed by atoms with van der Waals surface area (Å²) in [7, 11) is 0. The number of carbonyl (C=O) groups is 2. The third-order valence-electron chi connectivity index (χ3n) is 1.70. The molecule has 16 heavy (non-hydrogen) atoms. The zero-order chi connectivity index (χ0) is 12.0. The van der Waals surface area contributed by atoms with Crippen molar-refractivity contribution in [1.29, 1.82) is 0 Å². The second-order valence-corrected chi connectivity index (χ2v) is 3.06. The van der Waals surface area contributed by atoms with Crippen LogP contribution in [0.15, 0.2) is 37.0 Å². The zero-order valence-electron chi connectivity index (χ0n) is 8.91. The molecule has 0 unspecified atom stereocenters. The summed E-state index contributed by atoms with van der Waals surface area (Å²) in [4.78, 5) is 21.9. The fraction of sp³-hybridized carbons (Fsp3) is 0.0909. The number of amides is 3. The molecule has 0 aromatic heterocycles. The summed E-state index contributed by atoms with van der Waals surface area (Å²) >= 11 is 0. The maximum atomic E-state index is 11.1. The van der Waals surface area contributed by atoms with Crippen molar-refractivity contribution in [2.45, 2.75) is 6.92 Å². The van der Waals surface area contributed by atoms with Crippen LogP contribution in [0.2, 0.25) is 0 Å². The monoisotopic (exact) mass is 219 g/mol. The Kier molecular flexibility index (Phi) is 4.08. The predicted molar refractivity (Wildman–Crippen MR) is 63.1 cm³/mol. The van der Waals surface area contributed by atoms with Gasteiger partial charge in [0.2, 0.25) is 5.91 Å². The second kappa shape index (κ2) is 5.55. The highest BCUT2D eigenvalue weighted by Gasteiger charge is 1.99. The van der Waals surface area contributed by atoms with Crippen LogP contribution in [0.1, 0.15) is 6.92 Å². The van der Waals surface area contributed by atoms with Gasteiger partial charge in [0, 0.05) is 18.3 Å². The van der Waals surface area contributed by atoms with Crippen LogP contribution in [0.25, 0.3) is 0 Å². The number of anilines is 2. The maximum Gasteiger partial charge on any atom is 0.323 e. The highest BCUT2D eigenvalue weighted by Crippen LogP contribution is 2.13. The summed E-state index contributed by atoms with van der Waals surface area (Å²) in [5.41, 5.74) is 1.32. The van der Waals surface area contributed by atoms with Crippen LogP contribution in [0.4, 0.5) is 16.2 Å². The molecule has 0 aliphatic carbocycles. The highest BCUT2D eigenvalue weighted by molar-refractivity contribution is 5.91. The fourth-order valence-corrected chi connectivity index (χ4v) is 1.10. The van der Waals surface area contributed by atoms with Gasteiger partial charge in [-0.1, -0.05) is 6.58 Å². The first-order valence-corrected chi connectivity index (χ1v) is 4.68. The first-order valence-electron chi connectivity index (χ1n) is 4.68. The molecule has 0 saturated heterocycles. The van der Waals surface area contributed by atoms with E-state index in [-0.39, 0.29) is 11.9 Å². The normalized spacial score (nSPS) is 9.06. The van der Waals surface area contributed by atoms with Crippen molar-refractivity contribution in [3.63, 3.8) is 0 Å². The lowest BCUT2D eigenvalue weighted by molar-refractivity contribution is -0.114. The van der Waals surface area contributed by atoms with E-state index in [2.05, 4.69) is 22.5 Å². The van der Waals surface area contributed by atoms with E-state index in [1.54, 1.807) is 24.3 Å². The van der Waals surface area contributed by atoms with Crippen LogP contribution in [0.5, 0.6) is 0 Å². The molecular formula is C11H13N3O2. The van der Waals surface area contributed by atoms with Crippen LogP contribution >= 0.6 is 0 Å².